The Kier molecular flexibility index (Phi) is 4.10. The van der Waals surface area contributed by atoms with Gasteiger partial charge < -0.3 is 26.2 Å². The van der Waals surface area contributed by atoms with E-state index < -0.39 is 35.2 Å². The second kappa shape index (κ2) is 4.29. The third-order valence-corrected chi connectivity index (χ3v) is 3.37. The van der Waals surface area contributed by atoms with E-state index in [1.807, 2.05) is 0 Å². The predicted molar refractivity (Wildman–Crippen MR) is 57.4 cm³/mol. The van der Waals surface area contributed by atoms with Gasteiger partial charge in [-0.05, 0) is 27.7 Å². The lowest BCUT2D eigenvalue weighted by atomic mass is 9.70. The smallest absolute Gasteiger partial charge is 0.220 e. The van der Waals surface area contributed by atoms with Crippen molar-refractivity contribution in [2.75, 3.05) is 0 Å². The highest BCUT2D eigenvalue weighted by Gasteiger charge is 2.56. The van der Waals surface area contributed by atoms with Crippen molar-refractivity contribution >= 4 is 5.91 Å². The molecule has 1 amide bonds. The quantitative estimate of drug-likeness (QED) is 0.396. The number of carbonyl (C=O) groups excluding carboxylic acids is 1. The fraction of sp³-hybridized carbons (Fsp3) is 0.900. The molecule has 0 spiro atoms. The monoisotopic (exact) mass is 235 g/mol. The van der Waals surface area contributed by atoms with Crippen molar-refractivity contribution in [3.05, 3.63) is 0 Å². The molecule has 0 fully saturated rings. The Morgan fingerprint density at radius 2 is 1.62 bits per heavy atom. The zero-order valence-corrected chi connectivity index (χ0v) is 10.1. The van der Waals surface area contributed by atoms with Crippen LogP contribution in [-0.4, -0.2) is 49.2 Å². The molecule has 6 heteroatoms. The molecule has 0 aromatic rings. The highest BCUT2D eigenvalue weighted by Crippen LogP contribution is 2.36. The van der Waals surface area contributed by atoms with Crippen molar-refractivity contribution in [2.24, 2.45) is 5.73 Å². The molecule has 0 aliphatic heterocycles. The number of aliphatic hydroxyl groups is 4. The zero-order chi connectivity index (χ0) is 13.4. The number of carbonyl (C=O) groups is 1. The lowest BCUT2D eigenvalue weighted by Crippen LogP contribution is -2.68. The van der Waals surface area contributed by atoms with Crippen molar-refractivity contribution in [1.82, 2.24) is 0 Å². The summed E-state index contributed by atoms with van der Waals surface area (Å²) >= 11 is 0. The largest absolute Gasteiger partial charge is 0.390 e. The lowest BCUT2D eigenvalue weighted by molar-refractivity contribution is -0.251. The number of amides is 1. The molecule has 4 atom stereocenters. The molecule has 0 bridgehead atoms. The topological polar surface area (TPSA) is 124 Å². The molecule has 0 saturated carbocycles. The minimum absolute atomic E-state index is 0.525. The highest BCUT2D eigenvalue weighted by molar-refractivity contribution is 5.75. The van der Waals surface area contributed by atoms with E-state index in [0.29, 0.717) is 0 Å². The van der Waals surface area contributed by atoms with E-state index in [1.54, 1.807) is 0 Å². The molecule has 6 nitrogen and oxygen atoms in total. The average Bonchev–Trinajstić information content (AvgIpc) is 2.00. The number of hydrogen-bond acceptors (Lipinski definition) is 5. The van der Waals surface area contributed by atoms with Crippen LogP contribution in [0.25, 0.3) is 0 Å². The maximum absolute atomic E-state index is 10.8. The molecule has 0 radical (unpaired) electrons. The predicted octanol–water partition coefficient (Wildman–Crippen LogP) is -1.50. The minimum atomic E-state index is -2.09. The van der Waals surface area contributed by atoms with Crippen molar-refractivity contribution in [2.45, 2.75) is 57.0 Å². The van der Waals surface area contributed by atoms with Gasteiger partial charge in [-0.25, -0.2) is 0 Å². The lowest BCUT2D eigenvalue weighted by Gasteiger charge is -2.48. The van der Waals surface area contributed by atoms with Crippen molar-refractivity contribution in [1.29, 1.82) is 0 Å². The van der Waals surface area contributed by atoms with E-state index in [1.165, 1.54) is 20.8 Å². The third kappa shape index (κ3) is 2.52. The van der Waals surface area contributed by atoms with Crippen LogP contribution < -0.4 is 5.73 Å². The summed E-state index contributed by atoms with van der Waals surface area (Å²) in [7, 11) is 0. The average molecular weight is 235 g/mol. The molecule has 0 aliphatic rings. The minimum Gasteiger partial charge on any atom is -0.390 e. The van der Waals surface area contributed by atoms with Crippen molar-refractivity contribution < 1.29 is 25.2 Å². The van der Waals surface area contributed by atoms with E-state index in [9.17, 15) is 25.2 Å². The number of primary amides is 1. The molecule has 96 valence electrons. The summed E-state index contributed by atoms with van der Waals surface area (Å²) < 4.78 is 0. The molecule has 0 aromatic carbocycles. The molecule has 0 heterocycles. The molecule has 0 rings (SSSR count). The van der Waals surface area contributed by atoms with Crippen LogP contribution in [0.3, 0.4) is 0 Å². The van der Waals surface area contributed by atoms with E-state index in [-0.39, 0.29) is 0 Å². The first-order valence-electron chi connectivity index (χ1n) is 4.99. The van der Waals surface area contributed by atoms with Gasteiger partial charge in [-0.3, -0.25) is 4.79 Å². The van der Waals surface area contributed by atoms with Gasteiger partial charge in [0.1, 0.15) is 16.8 Å². The third-order valence-electron chi connectivity index (χ3n) is 3.37. The van der Waals surface area contributed by atoms with Crippen LogP contribution in [0.1, 0.15) is 34.1 Å². The van der Waals surface area contributed by atoms with Gasteiger partial charge in [-0.1, -0.05) is 0 Å². The summed E-state index contributed by atoms with van der Waals surface area (Å²) in [5.74, 6) is -0.813. The van der Waals surface area contributed by atoms with E-state index in [0.717, 1.165) is 6.92 Å². The van der Waals surface area contributed by atoms with E-state index in [2.05, 4.69) is 0 Å². The maximum atomic E-state index is 10.8. The number of rotatable bonds is 5. The molecular weight excluding hydrogens is 214 g/mol. The van der Waals surface area contributed by atoms with E-state index in [4.69, 9.17) is 5.73 Å². The van der Waals surface area contributed by atoms with Gasteiger partial charge in [0.15, 0.2) is 0 Å². The summed E-state index contributed by atoms with van der Waals surface area (Å²) in [6, 6.07) is 0. The second-order valence-electron chi connectivity index (χ2n) is 4.81. The van der Waals surface area contributed by atoms with Gasteiger partial charge in [0.25, 0.3) is 0 Å². The molecule has 6 N–H and O–H groups in total. The van der Waals surface area contributed by atoms with E-state index >= 15 is 0 Å². The first-order valence-corrected chi connectivity index (χ1v) is 4.99. The molecule has 4 unspecified atom stereocenters. The Labute approximate surface area is 94.7 Å². The summed E-state index contributed by atoms with van der Waals surface area (Å²) in [6.07, 6.45) is -1.81. The van der Waals surface area contributed by atoms with Crippen LogP contribution in [0.5, 0.6) is 0 Å². The zero-order valence-electron chi connectivity index (χ0n) is 10.1. The Balaban J connectivity index is 5.25. The van der Waals surface area contributed by atoms with Crippen molar-refractivity contribution in [3.63, 3.8) is 0 Å². The number of hydrogen-bond donors (Lipinski definition) is 5. The Morgan fingerprint density at radius 1 is 1.25 bits per heavy atom. The number of nitrogens with two attached hydrogens (primary N) is 1. The SMILES string of the molecule is CC(O)C(C)(O)C(C)(O)C(C)(O)CC(N)=O. The molecule has 0 aliphatic carbocycles. The van der Waals surface area contributed by atoms with Gasteiger partial charge in [0.05, 0.1) is 12.5 Å². The second-order valence-corrected chi connectivity index (χ2v) is 4.81. The van der Waals surface area contributed by atoms with Crippen LogP contribution in [0.2, 0.25) is 0 Å². The van der Waals surface area contributed by atoms with Gasteiger partial charge in [-0.15, -0.1) is 0 Å². The fourth-order valence-electron chi connectivity index (χ4n) is 1.46. The summed E-state index contributed by atoms with van der Waals surface area (Å²) in [5, 5.41) is 39.4. The molecule has 0 saturated heterocycles. The highest BCUT2D eigenvalue weighted by atomic mass is 16.4. The summed E-state index contributed by atoms with van der Waals surface area (Å²) in [5.41, 5.74) is -1.08. The number of aliphatic hydroxyl groups excluding tert-OH is 1. The van der Waals surface area contributed by atoms with Crippen LogP contribution >= 0.6 is 0 Å². The van der Waals surface area contributed by atoms with Crippen LogP contribution in [0, 0.1) is 0 Å². The molecule has 16 heavy (non-hydrogen) atoms. The first-order chi connectivity index (χ1) is 6.86. The maximum Gasteiger partial charge on any atom is 0.220 e. The van der Waals surface area contributed by atoms with Crippen molar-refractivity contribution in [3.8, 4) is 0 Å². The van der Waals surface area contributed by atoms with Crippen LogP contribution in [0.4, 0.5) is 0 Å². The van der Waals surface area contributed by atoms with Gasteiger partial charge in [0.2, 0.25) is 5.91 Å². The standard InChI is InChI=1S/C10H21NO5/c1-6(12)9(3,15)10(4,16)8(2,14)5-7(11)13/h6,12,14-16H,5H2,1-4H3,(H2,11,13). The molecular formula is C10H21NO5. The van der Waals surface area contributed by atoms with Crippen LogP contribution in [-0.2, 0) is 4.79 Å². The van der Waals surface area contributed by atoms with Gasteiger partial charge in [-0.2, -0.15) is 0 Å². The Bertz CT molecular complexity index is 270. The Morgan fingerprint density at radius 3 is 1.88 bits per heavy atom. The summed E-state index contributed by atoms with van der Waals surface area (Å²) in [6.45, 7) is 4.76. The summed E-state index contributed by atoms with van der Waals surface area (Å²) in [4.78, 5) is 10.8. The normalized spacial score (nSPS) is 25.0. The molecule has 0 aromatic heterocycles. The van der Waals surface area contributed by atoms with Gasteiger partial charge in [0, 0.05) is 0 Å². The van der Waals surface area contributed by atoms with Crippen LogP contribution in [0.15, 0.2) is 0 Å². The fourth-order valence-corrected chi connectivity index (χ4v) is 1.46. The first kappa shape index (κ1) is 15.3. The Hall–Kier alpha value is -0.690. The van der Waals surface area contributed by atoms with Gasteiger partial charge >= 0.3 is 0 Å².